The molecule has 0 aliphatic heterocycles. The number of hydrogen-bond donors (Lipinski definition) is 1. The van der Waals surface area contributed by atoms with Gasteiger partial charge in [-0.1, -0.05) is 12.1 Å². The van der Waals surface area contributed by atoms with Crippen LogP contribution in [0.4, 0.5) is 4.39 Å². The van der Waals surface area contributed by atoms with Gasteiger partial charge in [0.15, 0.2) is 0 Å². The van der Waals surface area contributed by atoms with Crippen LogP contribution in [0.5, 0.6) is 0 Å². The fourth-order valence-corrected chi connectivity index (χ4v) is 2.16. The predicted molar refractivity (Wildman–Crippen MR) is 79.3 cm³/mol. The van der Waals surface area contributed by atoms with E-state index in [0.29, 0.717) is 19.4 Å². The zero-order valence-corrected chi connectivity index (χ0v) is 12.2. The molecule has 0 radical (unpaired) electrons. The first-order valence-electron chi connectivity index (χ1n) is 7.12. The van der Waals surface area contributed by atoms with Crippen molar-refractivity contribution in [2.75, 3.05) is 6.54 Å². The summed E-state index contributed by atoms with van der Waals surface area (Å²) in [6.07, 6.45) is 6.55. The molecule has 0 spiro atoms. The number of carbonyl (C=O) groups is 1. The summed E-state index contributed by atoms with van der Waals surface area (Å²) in [5.41, 5.74) is 2.02. The summed E-state index contributed by atoms with van der Waals surface area (Å²) in [5.74, 6) is -0.255. The highest BCUT2D eigenvalue weighted by molar-refractivity contribution is 5.76. The van der Waals surface area contributed by atoms with E-state index in [2.05, 4.69) is 10.4 Å². The average molecular weight is 289 g/mol. The van der Waals surface area contributed by atoms with Crippen LogP contribution in [0.1, 0.15) is 24.0 Å². The fraction of sp³-hybridized carbons (Fsp3) is 0.375. The van der Waals surface area contributed by atoms with Crippen LogP contribution in [0.25, 0.3) is 0 Å². The molecule has 1 aromatic carbocycles. The van der Waals surface area contributed by atoms with Crippen molar-refractivity contribution in [1.29, 1.82) is 0 Å². The molecule has 1 amide bonds. The van der Waals surface area contributed by atoms with E-state index in [0.717, 1.165) is 18.4 Å². The van der Waals surface area contributed by atoms with E-state index in [1.165, 1.54) is 17.7 Å². The first-order chi connectivity index (χ1) is 10.1. The summed E-state index contributed by atoms with van der Waals surface area (Å²) in [7, 11) is 1.89. The Bertz CT molecular complexity index is 595. The minimum Gasteiger partial charge on any atom is -0.356 e. The van der Waals surface area contributed by atoms with Gasteiger partial charge in [0.05, 0.1) is 6.20 Å². The molecule has 21 heavy (non-hydrogen) atoms. The number of aromatic nitrogens is 2. The third kappa shape index (κ3) is 5.38. The molecule has 0 unspecified atom stereocenters. The van der Waals surface area contributed by atoms with Crippen LogP contribution in [0.15, 0.2) is 36.7 Å². The Labute approximate surface area is 124 Å². The second-order valence-corrected chi connectivity index (χ2v) is 5.11. The van der Waals surface area contributed by atoms with Crippen molar-refractivity contribution in [1.82, 2.24) is 15.1 Å². The summed E-state index contributed by atoms with van der Waals surface area (Å²) < 4.78 is 14.8. The molecule has 112 valence electrons. The molecular formula is C16H20FN3O. The molecule has 0 aliphatic rings. The molecule has 0 saturated heterocycles. The Morgan fingerprint density at radius 3 is 2.90 bits per heavy atom. The summed E-state index contributed by atoms with van der Waals surface area (Å²) in [4.78, 5) is 11.7. The quantitative estimate of drug-likeness (QED) is 0.795. The Balaban J connectivity index is 1.61. The van der Waals surface area contributed by atoms with Crippen LogP contribution in [0.3, 0.4) is 0 Å². The first kappa shape index (κ1) is 15.2. The third-order valence-electron chi connectivity index (χ3n) is 3.25. The highest BCUT2D eigenvalue weighted by atomic mass is 19.1. The lowest BCUT2D eigenvalue weighted by Crippen LogP contribution is -2.24. The Morgan fingerprint density at radius 2 is 2.19 bits per heavy atom. The van der Waals surface area contributed by atoms with Gasteiger partial charge >= 0.3 is 0 Å². The largest absolute Gasteiger partial charge is 0.356 e. The van der Waals surface area contributed by atoms with Gasteiger partial charge in [0.25, 0.3) is 0 Å². The van der Waals surface area contributed by atoms with Crippen molar-refractivity contribution in [2.24, 2.45) is 7.05 Å². The van der Waals surface area contributed by atoms with Crippen molar-refractivity contribution in [2.45, 2.75) is 25.7 Å². The van der Waals surface area contributed by atoms with E-state index < -0.39 is 0 Å². The molecule has 0 aliphatic carbocycles. The van der Waals surface area contributed by atoms with E-state index >= 15 is 0 Å². The standard InChI is InChI=1S/C16H20FN3O/c1-20-12-14(11-19-20)5-3-9-18-16(21)8-7-13-4-2-6-15(17)10-13/h2,4,6,10-12H,3,5,7-9H2,1H3,(H,18,21). The van der Waals surface area contributed by atoms with Crippen LogP contribution in [0.2, 0.25) is 0 Å². The van der Waals surface area contributed by atoms with Gasteiger partial charge in [-0.25, -0.2) is 4.39 Å². The molecule has 0 atom stereocenters. The van der Waals surface area contributed by atoms with Gasteiger partial charge in [0.2, 0.25) is 5.91 Å². The van der Waals surface area contributed by atoms with Crippen LogP contribution in [-0.2, 0) is 24.7 Å². The van der Waals surface area contributed by atoms with E-state index in [4.69, 9.17) is 0 Å². The second-order valence-electron chi connectivity index (χ2n) is 5.11. The molecule has 2 aromatic rings. The lowest BCUT2D eigenvalue weighted by atomic mass is 10.1. The molecular weight excluding hydrogens is 269 g/mol. The fourth-order valence-electron chi connectivity index (χ4n) is 2.16. The van der Waals surface area contributed by atoms with Gasteiger partial charge < -0.3 is 5.32 Å². The predicted octanol–water partition coefficient (Wildman–Crippen LogP) is 2.24. The molecule has 1 N–H and O–H groups in total. The molecule has 0 fully saturated rings. The summed E-state index contributed by atoms with van der Waals surface area (Å²) in [5, 5.41) is 6.98. The second kappa shape index (κ2) is 7.57. The monoisotopic (exact) mass is 289 g/mol. The average Bonchev–Trinajstić information content (AvgIpc) is 2.87. The smallest absolute Gasteiger partial charge is 0.220 e. The maximum Gasteiger partial charge on any atom is 0.220 e. The van der Waals surface area contributed by atoms with E-state index in [1.54, 1.807) is 10.7 Å². The maximum atomic E-state index is 13.0. The van der Waals surface area contributed by atoms with Crippen molar-refractivity contribution < 1.29 is 9.18 Å². The molecule has 1 heterocycles. The van der Waals surface area contributed by atoms with Crippen LogP contribution in [0, 0.1) is 5.82 Å². The SMILES string of the molecule is Cn1cc(CCCNC(=O)CCc2cccc(F)c2)cn1. The minimum absolute atomic E-state index is 0.00504. The number of hydrogen-bond acceptors (Lipinski definition) is 2. The van der Waals surface area contributed by atoms with Crippen molar-refractivity contribution in [3.8, 4) is 0 Å². The minimum atomic E-state index is -0.260. The lowest BCUT2D eigenvalue weighted by Gasteiger charge is -2.05. The van der Waals surface area contributed by atoms with Gasteiger partial charge in [-0.05, 0) is 42.5 Å². The van der Waals surface area contributed by atoms with E-state index in [9.17, 15) is 9.18 Å². The number of aryl methyl sites for hydroxylation is 3. The maximum absolute atomic E-state index is 13.0. The van der Waals surface area contributed by atoms with Crippen molar-refractivity contribution in [3.63, 3.8) is 0 Å². The third-order valence-corrected chi connectivity index (χ3v) is 3.25. The van der Waals surface area contributed by atoms with E-state index in [-0.39, 0.29) is 11.7 Å². The Kier molecular flexibility index (Phi) is 5.49. The van der Waals surface area contributed by atoms with Crippen molar-refractivity contribution in [3.05, 3.63) is 53.6 Å². The van der Waals surface area contributed by atoms with Crippen LogP contribution < -0.4 is 5.32 Å². The number of nitrogens with zero attached hydrogens (tertiary/aromatic N) is 2. The first-order valence-corrected chi connectivity index (χ1v) is 7.12. The Hall–Kier alpha value is -2.17. The van der Waals surface area contributed by atoms with E-state index in [1.807, 2.05) is 25.5 Å². The molecule has 1 aromatic heterocycles. The molecule has 0 saturated carbocycles. The number of amides is 1. The molecule has 4 nitrogen and oxygen atoms in total. The molecule has 0 bridgehead atoms. The van der Waals surface area contributed by atoms with Gasteiger partial charge in [0.1, 0.15) is 5.82 Å². The highest BCUT2D eigenvalue weighted by Crippen LogP contribution is 2.06. The van der Waals surface area contributed by atoms with Crippen LogP contribution in [-0.4, -0.2) is 22.2 Å². The van der Waals surface area contributed by atoms with Gasteiger partial charge in [-0.3, -0.25) is 9.48 Å². The zero-order chi connectivity index (χ0) is 15.1. The topological polar surface area (TPSA) is 46.9 Å². The molecule has 5 heteroatoms. The zero-order valence-electron chi connectivity index (χ0n) is 12.2. The number of carbonyl (C=O) groups excluding carboxylic acids is 1. The van der Waals surface area contributed by atoms with Gasteiger partial charge in [-0.15, -0.1) is 0 Å². The summed E-state index contributed by atoms with van der Waals surface area (Å²) in [6.45, 7) is 0.650. The Morgan fingerprint density at radius 1 is 1.33 bits per heavy atom. The summed E-state index contributed by atoms with van der Waals surface area (Å²) >= 11 is 0. The summed E-state index contributed by atoms with van der Waals surface area (Å²) in [6, 6.07) is 6.37. The van der Waals surface area contributed by atoms with Crippen molar-refractivity contribution >= 4 is 5.91 Å². The van der Waals surface area contributed by atoms with Gasteiger partial charge in [-0.2, -0.15) is 5.10 Å². The van der Waals surface area contributed by atoms with Gasteiger partial charge in [0, 0.05) is 26.2 Å². The number of nitrogens with one attached hydrogen (secondary N) is 1. The normalized spacial score (nSPS) is 10.6. The number of rotatable bonds is 7. The highest BCUT2D eigenvalue weighted by Gasteiger charge is 2.03. The molecule has 2 rings (SSSR count). The lowest BCUT2D eigenvalue weighted by molar-refractivity contribution is -0.121. The van der Waals surface area contributed by atoms with Crippen LogP contribution >= 0.6 is 0 Å². The number of benzene rings is 1. The number of halogens is 1.